The van der Waals surface area contributed by atoms with Gasteiger partial charge in [0.25, 0.3) is 5.69 Å². The zero-order valence-electron chi connectivity index (χ0n) is 13.2. The monoisotopic (exact) mass is 336 g/mol. The fraction of sp³-hybridized carbons (Fsp3) is 0.562. The van der Waals surface area contributed by atoms with Crippen LogP contribution in [0.2, 0.25) is 0 Å². The smallest absolute Gasteiger partial charge is 0.270 e. The molecule has 0 spiro atoms. The van der Waals surface area contributed by atoms with Crippen LogP contribution in [0.1, 0.15) is 44.7 Å². The van der Waals surface area contributed by atoms with Crippen LogP contribution < -0.4 is 4.74 Å². The number of fused-ring (bicyclic) bond motifs is 1. The molecule has 23 heavy (non-hydrogen) atoms. The molecule has 1 saturated heterocycles. The van der Waals surface area contributed by atoms with E-state index in [-0.39, 0.29) is 5.69 Å². The quantitative estimate of drug-likeness (QED) is 0.508. The van der Waals surface area contributed by atoms with Crippen molar-refractivity contribution in [3.8, 4) is 5.75 Å². The predicted molar refractivity (Wildman–Crippen MR) is 89.7 cm³/mol. The molecule has 0 unspecified atom stereocenters. The van der Waals surface area contributed by atoms with Gasteiger partial charge in [-0.1, -0.05) is 12.2 Å². The maximum absolute atomic E-state index is 11.1. The summed E-state index contributed by atoms with van der Waals surface area (Å²) >= 11 is 5.49. The minimum Gasteiger partial charge on any atom is -0.485 e. The van der Waals surface area contributed by atoms with Crippen LogP contribution >= 0.6 is 12.2 Å². The number of piperidine rings is 1. The fourth-order valence-electron chi connectivity index (χ4n) is 3.33. The highest BCUT2D eigenvalue weighted by atomic mass is 32.1. The molecule has 2 heterocycles. The molecule has 124 valence electrons. The number of nitro benzene ring substituents is 1. The molecule has 2 aliphatic heterocycles. The van der Waals surface area contributed by atoms with Gasteiger partial charge in [-0.25, -0.2) is 0 Å². The molecule has 6 nitrogen and oxygen atoms in total. The first-order chi connectivity index (χ1) is 10.8. The van der Waals surface area contributed by atoms with Crippen LogP contribution in [0.5, 0.6) is 5.75 Å². The topological polar surface area (TPSA) is 75.8 Å². The molecule has 2 aliphatic rings. The van der Waals surface area contributed by atoms with E-state index in [1.165, 1.54) is 12.1 Å². The van der Waals surface area contributed by atoms with Gasteiger partial charge in [0.15, 0.2) is 0 Å². The average Bonchev–Trinajstić information content (AvgIpc) is 2.49. The number of aliphatic hydroxyl groups excluding tert-OH is 1. The number of hydrogen-bond acceptors (Lipinski definition) is 5. The summed E-state index contributed by atoms with van der Waals surface area (Å²) in [6.07, 6.45) is 2.02. The Morgan fingerprint density at radius 3 is 2.83 bits per heavy atom. The third-order valence-electron chi connectivity index (χ3n) is 4.60. The van der Waals surface area contributed by atoms with Crippen molar-refractivity contribution in [2.75, 3.05) is 6.54 Å². The third-order valence-corrected chi connectivity index (χ3v) is 5.04. The molecule has 0 aromatic heterocycles. The number of nitro groups is 1. The van der Waals surface area contributed by atoms with Gasteiger partial charge in [-0.15, -0.1) is 0 Å². The molecule has 1 aromatic rings. The van der Waals surface area contributed by atoms with E-state index in [1.807, 2.05) is 18.7 Å². The van der Waals surface area contributed by atoms with Gasteiger partial charge >= 0.3 is 0 Å². The normalized spacial score (nSPS) is 26.4. The molecule has 1 N–H and O–H groups in total. The van der Waals surface area contributed by atoms with Gasteiger partial charge in [0.2, 0.25) is 0 Å². The van der Waals surface area contributed by atoms with E-state index < -0.39 is 22.7 Å². The largest absolute Gasteiger partial charge is 0.485 e. The van der Waals surface area contributed by atoms with Crippen LogP contribution in [0.4, 0.5) is 5.69 Å². The minimum absolute atomic E-state index is 0.00724. The predicted octanol–water partition coefficient (Wildman–Crippen LogP) is 2.98. The van der Waals surface area contributed by atoms with E-state index in [0.29, 0.717) is 11.3 Å². The van der Waals surface area contributed by atoms with Crippen LogP contribution in [-0.4, -0.2) is 38.2 Å². The van der Waals surface area contributed by atoms with Gasteiger partial charge < -0.3 is 14.7 Å². The minimum atomic E-state index is -0.826. The summed E-state index contributed by atoms with van der Waals surface area (Å²) in [5.74, 6) is 0.573. The number of rotatable bonds is 2. The number of likely N-dealkylation sites (tertiary alicyclic amines) is 1. The van der Waals surface area contributed by atoms with Gasteiger partial charge in [-0.2, -0.15) is 0 Å². The Morgan fingerprint density at radius 2 is 2.17 bits per heavy atom. The number of non-ortho nitro benzene ring substituents is 1. The van der Waals surface area contributed by atoms with Crippen molar-refractivity contribution < 1.29 is 14.8 Å². The molecule has 1 aromatic carbocycles. The van der Waals surface area contributed by atoms with Crippen molar-refractivity contribution in [3.05, 3.63) is 33.9 Å². The van der Waals surface area contributed by atoms with E-state index in [0.717, 1.165) is 30.8 Å². The number of aliphatic hydroxyl groups is 1. The van der Waals surface area contributed by atoms with Crippen LogP contribution in [-0.2, 0) is 0 Å². The highest BCUT2D eigenvalue weighted by Crippen LogP contribution is 2.45. The van der Waals surface area contributed by atoms with Crippen molar-refractivity contribution >= 4 is 22.9 Å². The summed E-state index contributed by atoms with van der Waals surface area (Å²) in [4.78, 5) is 13.5. The SMILES string of the molecule is CC1(C)Oc2ccc([N+](=O)[O-])cc2[C@H](N2CCCCC2=S)[C@H]1O. The maximum atomic E-state index is 11.1. The Bertz CT molecular complexity index is 661. The summed E-state index contributed by atoms with van der Waals surface area (Å²) in [5, 5.41) is 22.0. The zero-order chi connectivity index (χ0) is 16.8. The van der Waals surface area contributed by atoms with Gasteiger partial charge in [0, 0.05) is 24.2 Å². The van der Waals surface area contributed by atoms with Crippen LogP contribution in [0.25, 0.3) is 0 Å². The molecule has 7 heteroatoms. The highest BCUT2D eigenvalue weighted by molar-refractivity contribution is 7.80. The van der Waals surface area contributed by atoms with E-state index in [2.05, 4.69) is 0 Å². The molecular weight excluding hydrogens is 316 g/mol. The summed E-state index contributed by atoms with van der Waals surface area (Å²) < 4.78 is 5.88. The van der Waals surface area contributed by atoms with Crippen molar-refractivity contribution in [2.24, 2.45) is 0 Å². The highest BCUT2D eigenvalue weighted by Gasteiger charge is 2.46. The summed E-state index contributed by atoms with van der Waals surface area (Å²) in [5.41, 5.74) is -0.164. The second-order valence-corrected chi connectivity index (χ2v) is 7.09. The summed E-state index contributed by atoms with van der Waals surface area (Å²) in [6.45, 7) is 4.39. The first kappa shape index (κ1) is 16.1. The first-order valence-corrected chi connectivity index (χ1v) is 8.17. The van der Waals surface area contributed by atoms with Gasteiger partial charge in [-0.05, 0) is 39.2 Å². The zero-order valence-corrected chi connectivity index (χ0v) is 14.0. The van der Waals surface area contributed by atoms with Crippen molar-refractivity contribution in [2.45, 2.75) is 50.9 Å². The number of hydrogen-bond donors (Lipinski definition) is 1. The second-order valence-electron chi connectivity index (χ2n) is 6.62. The molecule has 0 amide bonds. The van der Waals surface area contributed by atoms with Gasteiger partial charge in [-0.3, -0.25) is 10.1 Å². The number of thiocarbonyl (C=S) groups is 1. The number of nitrogens with zero attached hydrogens (tertiary/aromatic N) is 2. The average molecular weight is 336 g/mol. The van der Waals surface area contributed by atoms with Gasteiger partial charge in [0.05, 0.1) is 16.0 Å². The lowest BCUT2D eigenvalue weighted by Gasteiger charge is -2.48. The van der Waals surface area contributed by atoms with E-state index in [1.54, 1.807) is 6.07 Å². The van der Waals surface area contributed by atoms with E-state index >= 15 is 0 Å². The lowest BCUT2D eigenvalue weighted by Crippen LogP contribution is -2.55. The molecule has 0 radical (unpaired) electrons. The van der Waals surface area contributed by atoms with Crippen LogP contribution in [0.3, 0.4) is 0 Å². The molecule has 1 fully saturated rings. The molecule has 2 atom stereocenters. The van der Waals surface area contributed by atoms with Crippen molar-refractivity contribution in [1.29, 1.82) is 0 Å². The third kappa shape index (κ3) is 2.79. The van der Waals surface area contributed by atoms with Crippen molar-refractivity contribution in [1.82, 2.24) is 4.90 Å². The lowest BCUT2D eigenvalue weighted by atomic mass is 9.84. The Kier molecular flexibility index (Phi) is 4.01. The van der Waals surface area contributed by atoms with E-state index in [9.17, 15) is 15.2 Å². The fourth-order valence-corrected chi connectivity index (χ4v) is 3.68. The molecule has 0 bridgehead atoms. The second kappa shape index (κ2) is 5.72. The summed E-state index contributed by atoms with van der Waals surface area (Å²) in [7, 11) is 0. The standard InChI is InChI=1S/C16H20N2O4S/c1-16(2)15(19)14(17-8-4-3-5-13(17)23)11-9-10(18(20)21)6-7-12(11)22-16/h6-7,9,14-15,19H,3-5,8H2,1-2H3/t14-,15+/m0/s1. The molecular formula is C16H20N2O4S. The first-order valence-electron chi connectivity index (χ1n) is 7.76. The molecule has 0 saturated carbocycles. The summed E-state index contributed by atoms with van der Waals surface area (Å²) in [6, 6.07) is 4.12. The molecule has 3 rings (SSSR count). The lowest BCUT2D eigenvalue weighted by molar-refractivity contribution is -0.385. The Balaban J connectivity index is 2.11. The number of benzene rings is 1. The van der Waals surface area contributed by atoms with Gasteiger partial charge in [0.1, 0.15) is 17.5 Å². The maximum Gasteiger partial charge on any atom is 0.270 e. The Hall–Kier alpha value is -1.73. The van der Waals surface area contributed by atoms with Crippen LogP contribution in [0.15, 0.2) is 18.2 Å². The number of ether oxygens (including phenoxy) is 1. The Labute approximate surface area is 140 Å². The van der Waals surface area contributed by atoms with Crippen LogP contribution in [0, 0.1) is 10.1 Å². The van der Waals surface area contributed by atoms with E-state index in [4.69, 9.17) is 17.0 Å². The van der Waals surface area contributed by atoms with Crippen molar-refractivity contribution in [3.63, 3.8) is 0 Å². The Morgan fingerprint density at radius 1 is 1.43 bits per heavy atom. The molecule has 0 aliphatic carbocycles.